The first kappa shape index (κ1) is 6.47. The Morgan fingerprint density at radius 2 is 2.09 bits per heavy atom. The lowest BCUT2D eigenvalue weighted by molar-refractivity contribution is -0.812. The Hall–Kier alpha value is -0.0400. The fraction of sp³-hybridized carbons (Fsp3) is 1.00. The highest BCUT2D eigenvalue weighted by Gasteiger charge is 2.81. The van der Waals surface area contributed by atoms with Crippen molar-refractivity contribution < 1.29 is 4.48 Å². The van der Waals surface area contributed by atoms with Crippen LogP contribution in [0.4, 0.5) is 0 Å². The first-order chi connectivity index (χ1) is 5.11. The van der Waals surface area contributed by atoms with Crippen molar-refractivity contribution in [3.8, 4) is 0 Å². The van der Waals surface area contributed by atoms with E-state index in [0.29, 0.717) is 0 Å². The van der Waals surface area contributed by atoms with Crippen molar-refractivity contribution in [3.05, 3.63) is 0 Å². The molecule has 5 unspecified atom stereocenters. The third kappa shape index (κ3) is 0.438. The molecule has 3 heterocycles. The Morgan fingerprint density at radius 3 is 2.36 bits per heavy atom. The Morgan fingerprint density at radius 1 is 1.36 bits per heavy atom. The van der Waals surface area contributed by atoms with Crippen LogP contribution in [0.25, 0.3) is 0 Å². The normalized spacial score (nSPS) is 71.7. The highest BCUT2D eigenvalue weighted by Crippen LogP contribution is 2.66. The molecule has 0 spiro atoms. The highest BCUT2D eigenvalue weighted by atomic mass is 15.6. The van der Waals surface area contributed by atoms with Crippen molar-refractivity contribution in [2.45, 2.75) is 39.3 Å². The SMILES string of the molecule is CC1C[N+]23CCC1(C)C2C3C. The zero-order valence-electron chi connectivity index (χ0n) is 7.80. The Labute approximate surface area is 69.0 Å². The van der Waals surface area contributed by atoms with Crippen LogP contribution in [0.2, 0.25) is 0 Å². The van der Waals surface area contributed by atoms with Gasteiger partial charge in [0.25, 0.3) is 0 Å². The summed E-state index contributed by atoms with van der Waals surface area (Å²) in [5.74, 6) is 0.998. The van der Waals surface area contributed by atoms with E-state index in [1.54, 1.807) is 0 Å². The summed E-state index contributed by atoms with van der Waals surface area (Å²) < 4.78 is 1.51. The van der Waals surface area contributed by atoms with Gasteiger partial charge in [-0.3, -0.25) is 0 Å². The predicted octanol–water partition coefficient (Wildman–Crippen LogP) is 1.63. The number of hydrogen-bond acceptors (Lipinski definition) is 0. The molecule has 2 bridgehead atoms. The number of rotatable bonds is 0. The molecular formula is C10H18N+. The van der Waals surface area contributed by atoms with Crippen LogP contribution in [0, 0.1) is 11.3 Å². The molecule has 0 N–H and O–H groups in total. The Bertz CT molecular complexity index is 225. The molecule has 0 aromatic carbocycles. The molecule has 1 nitrogen and oxygen atoms in total. The molecular weight excluding hydrogens is 134 g/mol. The molecule has 3 fully saturated rings. The Balaban J connectivity index is 2.06. The quantitative estimate of drug-likeness (QED) is 0.365. The van der Waals surface area contributed by atoms with Crippen LogP contribution < -0.4 is 0 Å². The van der Waals surface area contributed by atoms with Gasteiger partial charge in [0.05, 0.1) is 13.1 Å². The lowest BCUT2D eigenvalue weighted by atomic mass is 9.72. The summed E-state index contributed by atoms with van der Waals surface area (Å²) in [6, 6.07) is 2.09. The lowest BCUT2D eigenvalue weighted by Gasteiger charge is -2.31. The van der Waals surface area contributed by atoms with Crippen LogP contribution in [-0.4, -0.2) is 29.7 Å². The van der Waals surface area contributed by atoms with Crippen molar-refractivity contribution in [3.63, 3.8) is 0 Å². The largest absolute Gasteiger partial charge is 0.308 e. The van der Waals surface area contributed by atoms with Gasteiger partial charge in [-0.05, 0) is 6.92 Å². The fourth-order valence-corrected chi connectivity index (χ4v) is 4.32. The highest BCUT2D eigenvalue weighted by molar-refractivity contribution is 5.10. The first-order valence-corrected chi connectivity index (χ1v) is 4.98. The van der Waals surface area contributed by atoms with Gasteiger partial charge >= 0.3 is 0 Å². The van der Waals surface area contributed by atoms with E-state index in [9.17, 15) is 0 Å². The van der Waals surface area contributed by atoms with Crippen LogP contribution in [0.5, 0.6) is 0 Å². The van der Waals surface area contributed by atoms with Crippen molar-refractivity contribution in [1.29, 1.82) is 0 Å². The number of piperidine rings is 3. The van der Waals surface area contributed by atoms with Crippen LogP contribution in [0.3, 0.4) is 0 Å². The van der Waals surface area contributed by atoms with E-state index in [-0.39, 0.29) is 0 Å². The van der Waals surface area contributed by atoms with Crippen LogP contribution in [-0.2, 0) is 0 Å². The van der Waals surface area contributed by atoms with Gasteiger partial charge in [0, 0.05) is 17.8 Å². The third-order valence-corrected chi connectivity index (χ3v) is 5.21. The van der Waals surface area contributed by atoms with E-state index in [1.807, 2.05) is 0 Å². The standard InChI is InChI=1S/C10H18N/c1-7-6-11-5-4-10(7,3)9(11)8(11)2/h7-9H,4-6H2,1-3H3/q+1. The first-order valence-electron chi connectivity index (χ1n) is 4.98. The van der Waals surface area contributed by atoms with Crippen molar-refractivity contribution in [1.82, 2.24) is 0 Å². The molecule has 3 rings (SSSR count). The smallest absolute Gasteiger partial charge is 0.148 e. The maximum Gasteiger partial charge on any atom is 0.148 e. The Kier molecular flexibility index (Phi) is 0.820. The van der Waals surface area contributed by atoms with Gasteiger partial charge in [0.2, 0.25) is 0 Å². The molecule has 0 aromatic rings. The molecule has 0 aliphatic carbocycles. The molecule has 11 heavy (non-hydrogen) atoms. The average molecular weight is 152 g/mol. The number of hydrogen-bond donors (Lipinski definition) is 0. The molecule has 62 valence electrons. The second-order valence-corrected chi connectivity index (χ2v) is 5.35. The molecule has 5 atom stereocenters. The number of quaternary nitrogens is 1. The second kappa shape index (κ2) is 1.39. The van der Waals surface area contributed by atoms with Crippen molar-refractivity contribution >= 4 is 0 Å². The van der Waals surface area contributed by atoms with Gasteiger partial charge in [-0.25, -0.2) is 0 Å². The third-order valence-electron chi connectivity index (χ3n) is 5.21. The zero-order valence-corrected chi connectivity index (χ0v) is 7.80. The number of nitrogens with zero attached hydrogens (tertiary/aromatic N) is 1. The van der Waals surface area contributed by atoms with Crippen LogP contribution in [0.15, 0.2) is 0 Å². The van der Waals surface area contributed by atoms with Gasteiger partial charge in [-0.2, -0.15) is 0 Å². The van der Waals surface area contributed by atoms with Crippen LogP contribution in [0.1, 0.15) is 27.2 Å². The topological polar surface area (TPSA) is 0 Å². The minimum absolute atomic E-state index is 0.736. The summed E-state index contributed by atoms with van der Waals surface area (Å²) in [5, 5.41) is 0. The lowest BCUT2D eigenvalue weighted by Crippen LogP contribution is -2.39. The van der Waals surface area contributed by atoms with E-state index < -0.39 is 0 Å². The van der Waals surface area contributed by atoms with E-state index in [0.717, 1.165) is 23.4 Å². The summed E-state index contributed by atoms with van der Waals surface area (Å²) in [5.41, 5.74) is 0.736. The van der Waals surface area contributed by atoms with E-state index in [2.05, 4.69) is 20.8 Å². The summed E-state index contributed by atoms with van der Waals surface area (Å²) in [7, 11) is 0. The van der Waals surface area contributed by atoms with E-state index in [1.165, 1.54) is 24.0 Å². The minimum Gasteiger partial charge on any atom is -0.308 e. The van der Waals surface area contributed by atoms with E-state index >= 15 is 0 Å². The monoisotopic (exact) mass is 152 g/mol. The van der Waals surface area contributed by atoms with Gasteiger partial charge in [0.15, 0.2) is 0 Å². The van der Waals surface area contributed by atoms with Crippen molar-refractivity contribution in [2.75, 3.05) is 13.1 Å². The molecule has 0 amide bonds. The molecule has 3 aliphatic heterocycles. The maximum absolute atomic E-state index is 2.53. The molecule has 0 aromatic heterocycles. The predicted molar refractivity (Wildman–Crippen MR) is 45.1 cm³/mol. The van der Waals surface area contributed by atoms with Crippen molar-refractivity contribution in [2.24, 2.45) is 11.3 Å². The van der Waals surface area contributed by atoms with Gasteiger partial charge in [-0.1, -0.05) is 13.8 Å². The maximum atomic E-state index is 2.53. The van der Waals surface area contributed by atoms with Crippen LogP contribution >= 0.6 is 0 Å². The summed E-state index contributed by atoms with van der Waals surface area (Å²) in [4.78, 5) is 0. The zero-order chi connectivity index (χ0) is 7.85. The minimum atomic E-state index is 0.736. The van der Waals surface area contributed by atoms with E-state index in [4.69, 9.17) is 0 Å². The van der Waals surface area contributed by atoms with Gasteiger partial charge < -0.3 is 4.48 Å². The van der Waals surface area contributed by atoms with Gasteiger partial charge in [0.1, 0.15) is 12.1 Å². The van der Waals surface area contributed by atoms with Gasteiger partial charge in [-0.15, -0.1) is 0 Å². The summed E-state index contributed by atoms with van der Waals surface area (Å²) >= 11 is 0. The second-order valence-electron chi connectivity index (χ2n) is 5.35. The average Bonchev–Trinajstić information content (AvgIpc) is 2.31. The molecule has 1 heteroatoms. The summed E-state index contributed by atoms with van der Waals surface area (Å²) in [6.45, 7) is 10.4. The molecule has 3 saturated heterocycles. The summed E-state index contributed by atoms with van der Waals surface area (Å²) in [6.07, 6.45) is 1.50. The molecule has 3 aliphatic rings. The molecule has 0 radical (unpaired) electrons. The molecule has 0 saturated carbocycles. The fourth-order valence-electron chi connectivity index (χ4n) is 4.32.